The molecular weight excluding hydrogens is 366 g/mol. The highest BCUT2D eigenvalue weighted by atomic mass is 16.5. The summed E-state index contributed by atoms with van der Waals surface area (Å²) in [4.78, 5) is 9.04. The first-order chi connectivity index (χ1) is 14.2. The van der Waals surface area contributed by atoms with Gasteiger partial charge >= 0.3 is 0 Å². The fourth-order valence-electron chi connectivity index (χ4n) is 3.49. The highest BCUT2D eigenvalue weighted by Crippen LogP contribution is 2.23. The lowest BCUT2D eigenvalue weighted by Crippen LogP contribution is -2.06. The van der Waals surface area contributed by atoms with Gasteiger partial charge in [-0.25, -0.2) is 9.67 Å². The van der Waals surface area contributed by atoms with Crippen LogP contribution < -0.4 is 5.32 Å². The van der Waals surface area contributed by atoms with Gasteiger partial charge in [0.15, 0.2) is 5.65 Å². The number of aromatic nitrogens is 6. The number of hydrogen-bond acceptors (Lipinski definition) is 6. The summed E-state index contributed by atoms with van der Waals surface area (Å²) in [6.07, 6.45) is 10.3. The van der Waals surface area contributed by atoms with Crippen molar-refractivity contribution in [2.75, 3.05) is 18.5 Å². The topological polar surface area (TPSA) is 82.7 Å². The van der Waals surface area contributed by atoms with E-state index in [1.54, 1.807) is 23.3 Å². The molecule has 0 spiro atoms. The largest absolute Gasteiger partial charge is 0.377 e. The van der Waals surface area contributed by atoms with Gasteiger partial charge in [0.2, 0.25) is 5.95 Å². The molecule has 1 aromatic carbocycles. The van der Waals surface area contributed by atoms with Crippen LogP contribution in [-0.4, -0.2) is 42.7 Å². The lowest BCUT2D eigenvalue weighted by atomic mass is 9.99. The highest BCUT2D eigenvalue weighted by Gasteiger charge is 2.10. The molecule has 0 saturated carbocycles. The summed E-state index contributed by atoms with van der Waals surface area (Å²) in [5.41, 5.74) is 5.40. The molecule has 0 radical (unpaired) electrons. The Balaban J connectivity index is 0.00000218. The van der Waals surface area contributed by atoms with Crippen molar-refractivity contribution in [2.45, 2.75) is 13.0 Å². The molecule has 0 unspecified atom stereocenters. The molecule has 0 saturated heterocycles. The number of nitrogens with one attached hydrogen (secondary N) is 1. The number of anilines is 2. The second kappa shape index (κ2) is 7.48. The van der Waals surface area contributed by atoms with Crippen LogP contribution in [0.4, 0.5) is 11.6 Å². The van der Waals surface area contributed by atoms with Crippen LogP contribution in [0, 0.1) is 0 Å². The molecule has 1 aliphatic rings. The number of ether oxygens (including phenoxy) is 1. The van der Waals surface area contributed by atoms with Gasteiger partial charge in [0.1, 0.15) is 0 Å². The van der Waals surface area contributed by atoms with E-state index in [1.807, 2.05) is 17.9 Å². The molecule has 0 atom stereocenters. The molecular formula is C21H23N7O. The van der Waals surface area contributed by atoms with Crippen LogP contribution in [0.15, 0.2) is 55.1 Å². The Morgan fingerprint density at radius 1 is 1.21 bits per heavy atom. The molecule has 1 aliphatic heterocycles. The van der Waals surface area contributed by atoms with Crippen LogP contribution in [-0.2, 0) is 18.3 Å². The third-order valence-corrected chi connectivity index (χ3v) is 4.93. The summed E-state index contributed by atoms with van der Waals surface area (Å²) in [6.45, 7) is 2.11. The van der Waals surface area contributed by atoms with Crippen LogP contribution in [0.25, 0.3) is 16.6 Å². The van der Waals surface area contributed by atoms with Crippen LogP contribution >= 0.6 is 0 Å². The number of fused-ring (bicyclic) bond motifs is 1. The second-order valence-electron chi connectivity index (χ2n) is 7.06. The van der Waals surface area contributed by atoms with Gasteiger partial charge in [0.05, 0.1) is 43.2 Å². The van der Waals surface area contributed by atoms with Gasteiger partial charge in [-0.15, -0.1) is 0 Å². The van der Waals surface area contributed by atoms with Gasteiger partial charge in [-0.05, 0) is 29.2 Å². The molecule has 5 rings (SSSR count). The fraction of sp³-hybridized carbons (Fsp3) is 0.238. The monoisotopic (exact) mass is 389 g/mol. The summed E-state index contributed by atoms with van der Waals surface area (Å²) >= 11 is 0. The quantitative estimate of drug-likeness (QED) is 0.563. The van der Waals surface area contributed by atoms with Gasteiger partial charge in [-0.3, -0.25) is 4.68 Å². The van der Waals surface area contributed by atoms with Crippen LogP contribution in [0.1, 0.15) is 19.0 Å². The van der Waals surface area contributed by atoms with Crippen molar-refractivity contribution in [3.63, 3.8) is 0 Å². The zero-order valence-electron chi connectivity index (χ0n) is 16.1. The van der Waals surface area contributed by atoms with E-state index in [0.29, 0.717) is 19.1 Å². The number of hydrogen-bond donors (Lipinski definition) is 1. The molecule has 0 fully saturated rings. The molecule has 0 bridgehead atoms. The van der Waals surface area contributed by atoms with Crippen LogP contribution in [0.2, 0.25) is 0 Å². The van der Waals surface area contributed by atoms with Crippen molar-refractivity contribution in [1.82, 2.24) is 29.5 Å². The minimum Gasteiger partial charge on any atom is -0.377 e. The number of aryl methyl sites for hydroxylation is 1. The molecule has 29 heavy (non-hydrogen) atoms. The van der Waals surface area contributed by atoms with Crippen molar-refractivity contribution < 1.29 is 6.16 Å². The zero-order valence-corrected chi connectivity index (χ0v) is 16.1. The van der Waals surface area contributed by atoms with Crippen molar-refractivity contribution in [3.8, 4) is 0 Å². The summed E-state index contributed by atoms with van der Waals surface area (Å²) in [7, 11) is 1.87. The molecule has 8 heteroatoms. The Kier molecular flexibility index (Phi) is 4.53. The van der Waals surface area contributed by atoms with Gasteiger partial charge in [-0.2, -0.15) is 15.2 Å². The molecule has 4 aromatic rings. The average molecular weight is 389 g/mol. The minimum absolute atomic E-state index is 0. The first-order valence-corrected chi connectivity index (χ1v) is 9.55. The van der Waals surface area contributed by atoms with E-state index in [1.165, 1.54) is 16.7 Å². The smallest absolute Gasteiger partial charge is 0.229 e. The average Bonchev–Trinajstić information content (AvgIpc) is 3.35. The predicted molar refractivity (Wildman–Crippen MR) is 113 cm³/mol. The maximum absolute atomic E-state index is 5.42. The Labute approximate surface area is 169 Å². The SMILES string of the molecule is Cn1cc(Nc2ncc3cnn(Cc4cccc(C5=CCOCC5)c4)c3n2)cn1.[HH]. The molecule has 0 amide bonds. The third-order valence-electron chi connectivity index (χ3n) is 4.93. The lowest BCUT2D eigenvalue weighted by Gasteiger charge is -2.14. The molecule has 148 valence electrons. The molecule has 1 N–H and O–H groups in total. The van der Waals surface area contributed by atoms with E-state index >= 15 is 0 Å². The Bertz CT molecular complexity index is 1200. The van der Waals surface area contributed by atoms with E-state index < -0.39 is 0 Å². The predicted octanol–water partition coefficient (Wildman–Crippen LogP) is 3.40. The van der Waals surface area contributed by atoms with Gasteiger partial charge in [-0.1, -0.05) is 24.3 Å². The van der Waals surface area contributed by atoms with Crippen LogP contribution in [0.3, 0.4) is 0 Å². The summed E-state index contributed by atoms with van der Waals surface area (Å²) in [5, 5.41) is 12.8. The van der Waals surface area contributed by atoms with Gasteiger partial charge < -0.3 is 10.1 Å². The van der Waals surface area contributed by atoms with Crippen molar-refractivity contribution in [2.24, 2.45) is 7.05 Å². The maximum atomic E-state index is 5.42. The zero-order chi connectivity index (χ0) is 19.6. The Hall–Kier alpha value is -3.52. The molecule has 8 nitrogen and oxygen atoms in total. The normalized spacial score (nSPS) is 14.2. The van der Waals surface area contributed by atoms with Gasteiger partial charge in [0.25, 0.3) is 0 Å². The summed E-state index contributed by atoms with van der Waals surface area (Å²) in [5.74, 6) is 0.522. The van der Waals surface area contributed by atoms with E-state index in [4.69, 9.17) is 4.74 Å². The van der Waals surface area contributed by atoms with Crippen molar-refractivity contribution in [3.05, 3.63) is 66.3 Å². The number of rotatable bonds is 5. The maximum Gasteiger partial charge on any atom is 0.229 e. The van der Waals surface area contributed by atoms with Crippen LogP contribution in [0.5, 0.6) is 0 Å². The Morgan fingerprint density at radius 3 is 3.00 bits per heavy atom. The fourth-order valence-corrected chi connectivity index (χ4v) is 3.49. The summed E-state index contributed by atoms with van der Waals surface area (Å²) in [6, 6.07) is 8.59. The lowest BCUT2D eigenvalue weighted by molar-refractivity contribution is 0.161. The standard InChI is InChI=1S/C21H21N7O.H2/c1-27-14-19(12-23-27)25-21-22-10-18-11-24-28(20(18)26-21)13-15-3-2-4-17(9-15)16-5-7-29-8-6-16;/h2-5,9-12,14H,6-8,13H2,1H3,(H,22,25,26);1H. The number of nitrogens with zero attached hydrogens (tertiary/aromatic N) is 6. The van der Waals surface area contributed by atoms with E-state index in [9.17, 15) is 0 Å². The highest BCUT2D eigenvalue weighted by molar-refractivity contribution is 5.75. The first-order valence-electron chi connectivity index (χ1n) is 9.55. The number of benzene rings is 1. The first kappa shape index (κ1) is 17.6. The Morgan fingerprint density at radius 2 is 2.17 bits per heavy atom. The second-order valence-corrected chi connectivity index (χ2v) is 7.06. The molecule has 4 heterocycles. The van der Waals surface area contributed by atoms with Gasteiger partial charge in [0, 0.05) is 20.9 Å². The van der Waals surface area contributed by atoms with Crippen molar-refractivity contribution >= 4 is 28.2 Å². The van der Waals surface area contributed by atoms with Crippen molar-refractivity contribution in [1.29, 1.82) is 0 Å². The minimum atomic E-state index is 0. The van der Waals surface area contributed by atoms with E-state index in [2.05, 4.69) is 55.8 Å². The third kappa shape index (κ3) is 3.74. The molecule has 0 aliphatic carbocycles. The van der Waals surface area contributed by atoms with E-state index in [-0.39, 0.29) is 1.43 Å². The van der Waals surface area contributed by atoms with E-state index in [0.717, 1.165) is 29.7 Å². The summed E-state index contributed by atoms with van der Waals surface area (Å²) < 4.78 is 9.06. The molecule has 3 aromatic heterocycles.